The monoisotopic (exact) mass is 375 g/mol. The second kappa shape index (κ2) is 8.52. The van der Waals surface area contributed by atoms with Crippen LogP contribution in [0.15, 0.2) is 0 Å². The predicted octanol–water partition coefficient (Wildman–Crippen LogP) is 1.51. The van der Waals surface area contributed by atoms with Crippen LogP contribution < -0.4 is 10.2 Å². The summed E-state index contributed by atoms with van der Waals surface area (Å²) in [5.41, 5.74) is 1.91. The first-order valence-electron chi connectivity index (χ1n) is 10.1. The van der Waals surface area contributed by atoms with Crippen LogP contribution in [0.5, 0.6) is 0 Å². The summed E-state index contributed by atoms with van der Waals surface area (Å²) in [6.45, 7) is 6.48. The van der Waals surface area contributed by atoms with Crippen LogP contribution in [0.4, 0.5) is 5.82 Å². The number of hydrogen-bond donors (Lipinski definition) is 2. The van der Waals surface area contributed by atoms with Crippen LogP contribution in [-0.2, 0) is 0 Å². The molecule has 1 amide bonds. The zero-order valence-corrected chi connectivity index (χ0v) is 17.0. The molecule has 3 rings (SSSR count). The number of aliphatic hydroxyl groups excluding tert-OH is 1. The van der Waals surface area contributed by atoms with E-state index in [1.165, 1.54) is 0 Å². The largest absolute Gasteiger partial charge is 0.393 e. The molecule has 2 heterocycles. The molecular weight excluding hydrogens is 342 g/mol. The lowest BCUT2D eigenvalue weighted by Crippen LogP contribution is -2.34. The van der Waals surface area contributed by atoms with Gasteiger partial charge >= 0.3 is 0 Å². The highest BCUT2D eigenvalue weighted by Crippen LogP contribution is 2.26. The number of carbonyl (C=O) groups is 1. The smallest absolute Gasteiger partial charge is 0.289 e. The fourth-order valence-corrected chi connectivity index (χ4v) is 4.04. The van der Waals surface area contributed by atoms with E-state index in [1.54, 1.807) is 0 Å². The molecule has 1 saturated carbocycles. The number of nitrogens with zero attached hydrogens (tertiary/aromatic N) is 4. The minimum atomic E-state index is -0.200. The van der Waals surface area contributed by atoms with Gasteiger partial charge in [-0.05, 0) is 66.0 Å². The first-order valence-corrected chi connectivity index (χ1v) is 10.1. The lowest BCUT2D eigenvalue weighted by molar-refractivity contribution is 0.0901. The molecule has 1 saturated heterocycles. The predicted molar refractivity (Wildman–Crippen MR) is 106 cm³/mol. The van der Waals surface area contributed by atoms with Gasteiger partial charge in [-0.25, -0.2) is 9.97 Å². The van der Waals surface area contributed by atoms with Crippen molar-refractivity contribution in [3.63, 3.8) is 0 Å². The molecule has 1 aromatic rings. The third-order valence-corrected chi connectivity index (χ3v) is 6.13. The zero-order valence-electron chi connectivity index (χ0n) is 17.0. The van der Waals surface area contributed by atoms with E-state index in [2.05, 4.69) is 39.2 Å². The van der Waals surface area contributed by atoms with E-state index < -0.39 is 0 Å². The van der Waals surface area contributed by atoms with Crippen molar-refractivity contribution in [2.45, 2.75) is 58.1 Å². The minimum absolute atomic E-state index is 0.172. The second-order valence-electron chi connectivity index (χ2n) is 8.32. The number of nitrogens with one attached hydrogen (secondary N) is 1. The lowest BCUT2D eigenvalue weighted by atomic mass is 9.87. The van der Waals surface area contributed by atoms with Gasteiger partial charge < -0.3 is 20.2 Å². The maximum atomic E-state index is 12.6. The first kappa shape index (κ1) is 20.0. The molecule has 1 aliphatic heterocycles. The molecule has 150 valence electrons. The topological polar surface area (TPSA) is 81.6 Å². The Labute approximate surface area is 162 Å². The molecule has 0 spiro atoms. The summed E-state index contributed by atoms with van der Waals surface area (Å²) in [6, 6.07) is 0.513. The number of aromatic nitrogens is 2. The number of carbonyl (C=O) groups excluding carboxylic acids is 1. The standard InChI is InChI=1S/C20H33N5O2/c1-13-14(2)22-18(20(27)21-11-15-5-7-17(26)8-6-15)23-19(13)25-10-9-16(12-25)24(3)4/h15-17,26H,5-12H2,1-4H3,(H,21,27)/t15?,16-,17?/m1/s1. The fourth-order valence-electron chi connectivity index (χ4n) is 4.04. The molecule has 2 N–H and O–H groups in total. The average molecular weight is 376 g/mol. The van der Waals surface area contributed by atoms with Crippen molar-refractivity contribution in [3.05, 3.63) is 17.1 Å². The van der Waals surface area contributed by atoms with Gasteiger partial charge in [0, 0.05) is 36.9 Å². The number of aliphatic hydroxyl groups is 1. The van der Waals surface area contributed by atoms with Crippen LogP contribution in [0.3, 0.4) is 0 Å². The van der Waals surface area contributed by atoms with Gasteiger partial charge in [-0.2, -0.15) is 0 Å². The summed E-state index contributed by atoms with van der Waals surface area (Å²) in [6.07, 6.45) is 4.50. The van der Waals surface area contributed by atoms with Crippen molar-refractivity contribution < 1.29 is 9.90 Å². The highest BCUT2D eigenvalue weighted by atomic mass is 16.3. The number of anilines is 1. The normalized spacial score (nSPS) is 25.9. The number of aryl methyl sites for hydroxylation is 1. The van der Waals surface area contributed by atoms with Crippen LogP contribution in [-0.4, -0.2) is 71.8 Å². The summed E-state index contributed by atoms with van der Waals surface area (Å²) in [5.74, 6) is 1.38. The quantitative estimate of drug-likeness (QED) is 0.812. The molecular formula is C20H33N5O2. The highest BCUT2D eigenvalue weighted by Gasteiger charge is 2.28. The molecule has 1 aliphatic carbocycles. The van der Waals surface area contributed by atoms with Gasteiger partial charge in [0.2, 0.25) is 5.82 Å². The van der Waals surface area contributed by atoms with Gasteiger partial charge in [-0.3, -0.25) is 4.79 Å². The average Bonchev–Trinajstić information content (AvgIpc) is 3.13. The van der Waals surface area contributed by atoms with E-state index >= 15 is 0 Å². The van der Waals surface area contributed by atoms with Crippen molar-refractivity contribution in [3.8, 4) is 0 Å². The molecule has 1 aromatic heterocycles. The maximum absolute atomic E-state index is 12.6. The number of hydrogen-bond acceptors (Lipinski definition) is 6. The van der Waals surface area contributed by atoms with Crippen molar-refractivity contribution >= 4 is 11.7 Å². The third-order valence-electron chi connectivity index (χ3n) is 6.13. The molecule has 0 aromatic carbocycles. The minimum Gasteiger partial charge on any atom is -0.393 e. The molecule has 7 heteroatoms. The first-order chi connectivity index (χ1) is 12.8. The van der Waals surface area contributed by atoms with Gasteiger partial charge in [0.1, 0.15) is 5.82 Å². The molecule has 0 bridgehead atoms. The number of rotatable bonds is 5. The second-order valence-corrected chi connectivity index (χ2v) is 8.32. The van der Waals surface area contributed by atoms with Gasteiger partial charge in [0.15, 0.2) is 0 Å². The van der Waals surface area contributed by atoms with Crippen LogP contribution in [0.25, 0.3) is 0 Å². The Balaban J connectivity index is 1.67. The maximum Gasteiger partial charge on any atom is 0.289 e. The number of amides is 1. The van der Waals surface area contributed by atoms with E-state index in [-0.39, 0.29) is 17.8 Å². The SMILES string of the molecule is Cc1nc(C(=O)NCC2CCC(O)CC2)nc(N2CC[C@@H](N(C)C)C2)c1C. The van der Waals surface area contributed by atoms with Crippen molar-refractivity contribution in [1.29, 1.82) is 0 Å². The highest BCUT2D eigenvalue weighted by molar-refractivity contribution is 5.91. The molecule has 0 radical (unpaired) electrons. The molecule has 0 unspecified atom stereocenters. The summed E-state index contributed by atoms with van der Waals surface area (Å²) in [4.78, 5) is 26.2. The van der Waals surface area contributed by atoms with E-state index in [0.717, 1.165) is 62.3 Å². The Kier molecular flexibility index (Phi) is 6.32. The summed E-state index contributed by atoms with van der Waals surface area (Å²) in [7, 11) is 4.21. The van der Waals surface area contributed by atoms with Crippen LogP contribution >= 0.6 is 0 Å². The van der Waals surface area contributed by atoms with Crippen LogP contribution in [0.2, 0.25) is 0 Å². The Bertz CT molecular complexity index is 671. The fraction of sp³-hybridized carbons (Fsp3) is 0.750. The molecule has 7 nitrogen and oxygen atoms in total. The van der Waals surface area contributed by atoms with Crippen molar-refractivity contribution in [2.24, 2.45) is 5.92 Å². The Hall–Kier alpha value is -1.73. The summed E-state index contributed by atoms with van der Waals surface area (Å²) in [5, 5.41) is 12.6. The molecule has 27 heavy (non-hydrogen) atoms. The Morgan fingerprint density at radius 3 is 2.52 bits per heavy atom. The number of likely N-dealkylation sites (N-methyl/N-ethyl adjacent to an activating group) is 1. The summed E-state index contributed by atoms with van der Waals surface area (Å²) < 4.78 is 0. The van der Waals surface area contributed by atoms with E-state index in [9.17, 15) is 9.90 Å². The zero-order chi connectivity index (χ0) is 19.6. The van der Waals surface area contributed by atoms with Gasteiger partial charge in [0.25, 0.3) is 5.91 Å². The van der Waals surface area contributed by atoms with Crippen molar-refractivity contribution in [2.75, 3.05) is 38.6 Å². The Morgan fingerprint density at radius 1 is 1.19 bits per heavy atom. The van der Waals surface area contributed by atoms with Gasteiger partial charge in [-0.15, -0.1) is 0 Å². The van der Waals surface area contributed by atoms with Crippen LogP contribution in [0.1, 0.15) is 54.0 Å². The van der Waals surface area contributed by atoms with Gasteiger partial charge in [0.05, 0.1) is 6.10 Å². The van der Waals surface area contributed by atoms with Crippen molar-refractivity contribution in [1.82, 2.24) is 20.2 Å². The van der Waals surface area contributed by atoms with Gasteiger partial charge in [-0.1, -0.05) is 0 Å². The van der Waals surface area contributed by atoms with E-state index in [1.807, 2.05) is 13.8 Å². The van der Waals surface area contributed by atoms with E-state index in [4.69, 9.17) is 0 Å². The molecule has 1 atom stereocenters. The lowest BCUT2D eigenvalue weighted by Gasteiger charge is -2.25. The molecule has 2 fully saturated rings. The van der Waals surface area contributed by atoms with E-state index in [0.29, 0.717) is 18.5 Å². The van der Waals surface area contributed by atoms with Crippen LogP contribution in [0, 0.1) is 19.8 Å². The summed E-state index contributed by atoms with van der Waals surface area (Å²) >= 11 is 0. The Morgan fingerprint density at radius 2 is 1.89 bits per heavy atom. The molecule has 2 aliphatic rings. The third kappa shape index (κ3) is 4.76.